The first kappa shape index (κ1) is 19.2. The molecule has 160 valence electrons. The molecule has 0 radical (unpaired) electrons. The Morgan fingerprint density at radius 3 is 2.34 bits per heavy atom. The summed E-state index contributed by atoms with van der Waals surface area (Å²) in [5, 5.41) is 9.83. The SMILES string of the molecule is O=C(OCC1c2ccccc2-c2ccccc21)N1C2C=C(c3cccc(O)c3)CC1CC2. The Hall–Kier alpha value is -3.53. The van der Waals surface area contributed by atoms with Gasteiger partial charge in [-0.05, 0) is 64.8 Å². The first-order chi connectivity index (χ1) is 15.7. The van der Waals surface area contributed by atoms with E-state index in [9.17, 15) is 9.90 Å². The molecule has 4 heteroatoms. The Labute approximate surface area is 187 Å². The number of hydrogen-bond donors (Lipinski definition) is 1. The second kappa shape index (κ2) is 7.56. The van der Waals surface area contributed by atoms with Crippen LogP contribution in [0, 0.1) is 0 Å². The van der Waals surface area contributed by atoms with E-state index in [4.69, 9.17) is 4.74 Å². The molecule has 3 aliphatic rings. The van der Waals surface area contributed by atoms with Crippen LogP contribution < -0.4 is 0 Å². The molecule has 1 N–H and O–H groups in total. The van der Waals surface area contributed by atoms with Crippen molar-refractivity contribution >= 4 is 11.7 Å². The highest BCUT2D eigenvalue weighted by molar-refractivity contribution is 5.79. The standard InChI is InChI=1S/C28H25NO3/c30-22-7-5-6-18(16-22)19-14-20-12-13-21(15-19)29(20)28(31)32-17-27-25-10-3-1-8-23(25)24-9-2-4-11-26(24)27/h1-11,14,16,20-21,27,30H,12-13,15,17H2. The third-order valence-electron chi connectivity index (χ3n) is 7.16. The molecule has 2 bridgehead atoms. The second-order valence-corrected chi connectivity index (χ2v) is 8.96. The maximum atomic E-state index is 13.2. The number of hydrogen-bond acceptors (Lipinski definition) is 3. The van der Waals surface area contributed by atoms with E-state index in [1.54, 1.807) is 12.1 Å². The Morgan fingerprint density at radius 1 is 0.938 bits per heavy atom. The molecule has 4 nitrogen and oxygen atoms in total. The van der Waals surface area contributed by atoms with Crippen molar-refractivity contribution < 1.29 is 14.6 Å². The minimum absolute atomic E-state index is 0.0572. The third kappa shape index (κ3) is 3.10. The zero-order chi connectivity index (χ0) is 21.7. The molecule has 1 fully saturated rings. The average molecular weight is 424 g/mol. The lowest BCUT2D eigenvalue weighted by Crippen LogP contribution is -2.43. The summed E-state index contributed by atoms with van der Waals surface area (Å²) in [7, 11) is 0. The number of carbonyl (C=O) groups excluding carboxylic acids is 1. The van der Waals surface area contributed by atoms with Gasteiger partial charge >= 0.3 is 6.09 Å². The molecule has 1 aliphatic carbocycles. The highest BCUT2D eigenvalue weighted by Crippen LogP contribution is 2.45. The van der Waals surface area contributed by atoms with Crippen LogP contribution in [0.4, 0.5) is 4.79 Å². The average Bonchev–Trinajstić information content (AvgIpc) is 3.28. The van der Waals surface area contributed by atoms with Gasteiger partial charge in [-0.25, -0.2) is 4.79 Å². The monoisotopic (exact) mass is 423 g/mol. The molecule has 1 saturated heterocycles. The van der Waals surface area contributed by atoms with Crippen molar-refractivity contribution in [2.45, 2.75) is 37.3 Å². The molecule has 0 spiro atoms. The summed E-state index contributed by atoms with van der Waals surface area (Å²) >= 11 is 0. The van der Waals surface area contributed by atoms with Gasteiger partial charge in [-0.2, -0.15) is 0 Å². The highest BCUT2D eigenvalue weighted by Gasteiger charge is 2.41. The molecular weight excluding hydrogens is 398 g/mol. The minimum atomic E-state index is -0.217. The van der Waals surface area contributed by atoms with Gasteiger partial charge in [0.05, 0.1) is 6.04 Å². The van der Waals surface area contributed by atoms with Gasteiger partial charge in [0.2, 0.25) is 0 Å². The van der Waals surface area contributed by atoms with E-state index in [0.29, 0.717) is 6.61 Å². The van der Waals surface area contributed by atoms with Gasteiger partial charge in [-0.1, -0.05) is 66.7 Å². The fourth-order valence-corrected chi connectivity index (χ4v) is 5.70. The maximum absolute atomic E-state index is 13.2. The molecule has 2 atom stereocenters. The first-order valence-electron chi connectivity index (χ1n) is 11.3. The normalized spacial score (nSPS) is 21.1. The zero-order valence-corrected chi connectivity index (χ0v) is 17.8. The Balaban J connectivity index is 1.20. The first-order valence-corrected chi connectivity index (χ1v) is 11.3. The van der Waals surface area contributed by atoms with E-state index in [-0.39, 0.29) is 29.8 Å². The number of fused-ring (bicyclic) bond motifs is 5. The van der Waals surface area contributed by atoms with E-state index in [0.717, 1.165) is 24.8 Å². The number of nitrogens with zero attached hydrogens (tertiary/aromatic N) is 1. The van der Waals surface area contributed by atoms with Crippen LogP contribution in [-0.2, 0) is 4.74 Å². The molecule has 6 rings (SSSR count). The van der Waals surface area contributed by atoms with Crippen LogP contribution in [0.5, 0.6) is 5.75 Å². The summed E-state index contributed by atoms with van der Waals surface area (Å²) in [6.45, 7) is 0.353. The summed E-state index contributed by atoms with van der Waals surface area (Å²) < 4.78 is 5.94. The summed E-state index contributed by atoms with van der Waals surface area (Å²) in [6, 6.07) is 24.4. The summed E-state index contributed by atoms with van der Waals surface area (Å²) in [5.41, 5.74) is 7.18. The Bertz CT molecular complexity index is 1190. The van der Waals surface area contributed by atoms with Crippen molar-refractivity contribution in [1.29, 1.82) is 0 Å². The van der Waals surface area contributed by atoms with E-state index in [1.807, 2.05) is 17.0 Å². The van der Waals surface area contributed by atoms with Crippen LogP contribution in [0.15, 0.2) is 78.9 Å². The fourth-order valence-electron chi connectivity index (χ4n) is 5.70. The molecule has 1 amide bonds. The molecule has 0 saturated carbocycles. The lowest BCUT2D eigenvalue weighted by Gasteiger charge is -2.33. The largest absolute Gasteiger partial charge is 0.508 e. The minimum Gasteiger partial charge on any atom is -0.508 e. The Kier molecular flexibility index (Phi) is 4.53. The fraction of sp³-hybridized carbons (Fsp3) is 0.250. The smallest absolute Gasteiger partial charge is 0.410 e. The van der Waals surface area contributed by atoms with Crippen molar-refractivity contribution in [1.82, 2.24) is 4.90 Å². The van der Waals surface area contributed by atoms with Gasteiger partial charge in [0, 0.05) is 12.0 Å². The van der Waals surface area contributed by atoms with Crippen LogP contribution in [0.2, 0.25) is 0 Å². The van der Waals surface area contributed by atoms with Gasteiger partial charge in [-0.15, -0.1) is 0 Å². The molecule has 2 unspecified atom stereocenters. The quantitative estimate of drug-likeness (QED) is 0.565. The van der Waals surface area contributed by atoms with Gasteiger partial charge in [-0.3, -0.25) is 4.90 Å². The van der Waals surface area contributed by atoms with Crippen molar-refractivity contribution in [2.24, 2.45) is 0 Å². The number of phenols is 1. The van der Waals surface area contributed by atoms with E-state index in [2.05, 4.69) is 54.6 Å². The maximum Gasteiger partial charge on any atom is 0.410 e. The zero-order valence-electron chi connectivity index (χ0n) is 17.8. The number of aromatic hydroxyl groups is 1. The highest BCUT2D eigenvalue weighted by atomic mass is 16.6. The molecule has 2 heterocycles. The van der Waals surface area contributed by atoms with Gasteiger partial charge in [0.25, 0.3) is 0 Å². The third-order valence-corrected chi connectivity index (χ3v) is 7.16. The van der Waals surface area contributed by atoms with Crippen LogP contribution >= 0.6 is 0 Å². The number of carbonyl (C=O) groups is 1. The number of benzene rings is 3. The predicted molar refractivity (Wildman–Crippen MR) is 124 cm³/mol. The van der Waals surface area contributed by atoms with Gasteiger partial charge in [0.15, 0.2) is 0 Å². The summed E-state index contributed by atoms with van der Waals surface area (Å²) in [6.07, 6.45) is 4.69. The van der Waals surface area contributed by atoms with Crippen LogP contribution in [0.25, 0.3) is 16.7 Å². The van der Waals surface area contributed by atoms with Crippen LogP contribution in [0.1, 0.15) is 41.9 Å². The molecule has 32 heavy (non-hydrogen) atoms. The Morgan fingerprint density at radius 2 is 1.66 bits per heavy atom. The molecule has 3 aromatic rings. The molecule has 2 aliphatic heterocycles. The predicted octanol–water partition coefficient (Wildman–Crippen LogP) is 5.96. The molecule has 0 aromatic heterocycles. The van der Waals surface area contributed by atoms with Crippen molar-refractivity contribution in [3.8, 4) is 16.9 Å². The number of ether oxygens (including phenoxy) is 1. The van der Waals surface area contributed by atoms with E-state index in [1.165, 1.54) is 27.8 Å². The molecule has 3 aromatic carbocycles. The number of rotatable bonds is 3. The van der Waals surface area contributed by atoms with Crippen molar-refractivity contribution in [3.63, 3.8) is 0 Å². The van der Waals surface area contributed by atoms with E-state index >= 15 is 0 Å². The van der Waals surface area contributed by atoms with E-state index < -0.39 is 0 Å². The summed E-state index contributed by atoms with van der Waals surface area (Å²) in [4.78, 5) is 15.1. The van der Waals surface area contributed by atoms with Gasteiger partial charge in [0.1, 0.15) is 12.4 Å². The summed E-state index contributed by atoms with van der Waals surface area (Å²) in [5.74, 6) is 0.349. The topological polar surface area (TPSA) is 49.8 Å². The molecular formula is C28H25NO3. The lowest BCUT2D eigenvalue weighted by molar-refractivity contribution is 0.0866. The number of phenolic OH excluding ortho intramolecular Hbond substituents is 1. The lowest BCUT2D eigenvalue weighted by atomic mass is 9.95. The second-order valence-electron chi connectivity index (χ2n) is 8.96. The van der Waals surface area contributed by atoms with Crippen molar-refractivity contribution in [2.75, 3.05) is 6.61 Å². The number of amides is 1. The van der Waals surface area contributed by atoms with Crippen molar-refractivity contribution in [3.05, 3.63) is 95.6 Å². The van der Waals surface area contributed by atoms with Crippen LogP contribution in [-0.4, -0.2) is 34.8 Å². The van der Waals surface area contributed by atoms with Crippen LogP contribution in [0.3, 0.4) is 0 Å². The van der Waals surface area contributed by atoms with Gasteiger partial charge < -0.3 is 9.84 Å².